The fourth-order valence-electron chi connectivity index (χ4n) is 3.72. The van der Waals surface area contributed by atoms with Crippen molar-refractivity contribution in [2.45, 2.75) is 38.8 Å². The molecule has 3 heterocycles. The number of hydrogen-bond donors (Lipinski definition) is 2. The van der Waals surface area contributed by atoms with Gasteiger partial charge in [-0.1, -0.05) is 12.1 Å². The second-order valence-corrected chi connectivity index (χ2v) is 7.91. The number of amides is 1. The zero-order chi connectivity index (χ0) is 20.5. The van der Waals surface area contributed by atoms with Crippen LogP contribution in [0.2, 0.25) is 0 Å². The summed E-state index contributed by atoms with van der Waals surface area (Å²) in [6, 6.07) is 12.0. The SMILES string of the molecule is Cc1ccc(C(=O)NC2CC2)cc1Nc1ncnc2c1CCN(c1ccccn1)C2. The van der Waals surface area contributed by atoms with Gasteiger partial charge in [0.15, 0.2) is 0 Å². The maximum atomic E-state index is 12.4. The maximum absolute atomic E-state index is 12.4. The number of pyridine rings is 1. The van der Waals surface area contributed by atoms with Gasteiger partial charge in [0.1, 0.15) is 18.0 Å². The van der Waals surface area contributed by atoms with Gasteiger partial charge in [-0.3, -0.25) is 4.79 Å². The highest BCUT2D eigenvalue weighted by Crippen LogP contribution is 2.29. The second-order valence-electron chi connectivity index (χ2n) is 7.91. The standard InChI is InChI=1S/C23H24N6O/c1-15-5-6-16(23(30)27-17-7-8-17)12-19(15)28-22-18-9-11-29(13-20(18)25-14-26-22)21-4-2-3-10-24-21/h2-6,10,12,14,17H,7-9,11,13H2,1H3,(H,27,30)(H,25,26,28). The Morgan fingerprint density at radius 2 is 2.03 bits per heavy atom. The monoisotopic (exact) mass is 400 g/mol. The molecular weight excluding hydrogens is 376 g/mol. The lowest BCUT2D eigenvalue weighted by molar-refractivity contribution is 0.0951. The first-order valence-corrected chi connectivity index (χ1v) is 10.3. The zero-order valence-corrected chi connectivity index (χ0v) is 16.9. The van der Waals surface area contributed by atoms with Crippen LogP contribution in [0.15, 0.2) is 48.9 Å². The lowest BCUT2D eigenvalue weighted by Gasteiger charge is -2.29. The van der Waals surface area contributed by atoms with Crippen molar-refractivity contribution in [1.29, 1.82) is 0 Å². The number of rotatable bonds is 5. The molecule has 1 amide bonds. The molecule has 1 fully saturated rings. The smallest absolute Gasteiger partial charge is 0.251 e. The summed E-state index contributed by atoms with van der Waals surface area (Å²) in [5, 5.41) is 6.50. The lowest BCUT2D eigenvalue weighted by Crippen LogP contribution is -2.32. The van der Waals surface area contributed by atoms with Crippen LogP contribution >= 0.6 is 0 Å². The van der Waals surface area contributed by atoms with Gasteiger partial charge in [-0.25, -0.2) is 15.0 Å². The first kappa shape index (κ1) is 18.5. The Morgan fingerprint density at radius 3 is 2.83 bits per heavy atom. The van der Waals surface area contributed by atoms with Gasteiger partial charge in [0.05, 0.1) is 12.2 Å². The molecule has 5 rings (SSSR count). The van der Waals surface area contributed by atoms with Crippen molar-refractivity contribution >= 4 is 23.2 Å². The van der Waals surface area contributed by atoms with Crippen LogP contribution in [-0.2, 0) is 13.0 Å². The Morgan fingerprint density at radius 1 is 1.13 bits per heavy atom. The lowest BCUT2D eigenvalue weighted by atomic mass is 10.0. The number of anilines is 3. The molecule has 1 aliphatic heterocycles. The minimum atomic E-state index is -0.0173. The van der Waals surface area contributed by atoms with Crippen LogP contribution in [0, 0.1) is 6.92 Å². The molecule has 0 saturated heterocycles. The van der Waals surface area contributed by atoms with Crippen LogP contribution in [0.3, 0.4) is 0 Å². The summed E-state index contributed by atoms with van der Waals surface area (Å²) < 4.78 is 0. The molecule has 1 aliphatic carbocycles. The molecule has 0 unspecified atom stereocenters. The van der Waals surface area contributed by atoms with Crippen LogP contribution in [0.4, 0.5) is 17.3 Å². The van der Waals surface area contributed by atoms with Crippen molar-refractivity contribution in [3.8, 4) is 0 Å². The molecule has 0 spiro atoms. The van der Waals surface area contributed by atoms with Gasteiger partial charge in [-0.05, 0) is 56.0 Å². The molecule has 1 saturated carbocycles. The minimum absolute atomic E-state index is 0.0173. The van der Waals surface area contributed by atoms with E-state index in [-0.39, 0.29) is 5.91 Å². The summed E-state index contributed by atoms with van der Waals surface area (Å²) in [5.41, 5.74) is 4.75. The van der Waals surface area contributed by atoms with Gasteiger partial charge in [-0.15, -0.1) is 0 Å². The third-order valence-electron chi connectivity index (χ3n) is 5.65. The van der Waals surface area contributed by atoms with Crippen LogP contribution in [-0.4, -0.2) is 33.4 Å². The Balaban J connectivity index is 1.38. The Bertz CT molecular complexity index is 1080. The van der Waals surface area contributed by atoms with Gasteiger partial charge >= 0.3 is 0 Å². The molecular formula is C23H24N6O. The predicted octanol–water partition coefficient (Wildman–Crippen LogP) is 3.38. The quantitative estimate of drug-likeness (QED) is 0.683. The molecule has 3 aromatic rings. The van der Waals surface area contributed by atoms with Crippen LogP contribution in [0.5, 0.6) is 0 Å². The number of hydrogen-bond acceptors (Lipinski definition) is 6. The molecule has 2 N–H and O–H groups in total. The molecule has 1 aromatic carbocycles. The molecule has 152 valence electrons. The van der Waals surface area contributed by atoms with Crippen molar-refractivity contribution < 1.29 is 4.79 Å². The summed E-state index contributed by atoms with van der Waals surface area (Å²) in [7, 11) is 0. The first-order chi connectivity index (χ1) is 14.7. The van der Waals surface area contributed by atoms with Gasteiger partial charge in [-0.2, -0.15) is 0 Å². The Labute approximate surface area is 175 Å². The van der Waals surface area contributed by atoms with Crippen molar-refractivity contribution in [3.05, 3.63) is 71.3 Å². The van der Waals surface area contributed by atoms with E-state index in [1.54, 1.807) is 6.33 Å². The van der Waals surface area contributed by atoms with Crippen molar-refractivity contribution in [2.24, 2.45) is 0 Å². The highest BCUT2D eigenvalue weighted by atomic mass is 16.1. The van der Waals surface area contributed by atoms with E-state index in [9.17, 15) is 4.79 Å². The zero-order valence-electron chi connectivity index (χ0n) is 16.9. The second kappa shape index (κ2) is 7.74. The summed E-state index contributed by atoms with van der Waals surface area (Å²) in [5.74, 6) is 1.75. The normalized spacial score (nSPS) is 15.4. The average molecular weight is 400 g/mol. The molecule has 0 bridgehead atoms. The van der Waals surface area contributed by atoms with E-state index in [0.29, 0.717) is 18.2 Å². The van der Waals surface area contributed by atoms with Crippen LogP contribution in [0.1, 0.15) is 40.0 Å². The van der Waals surface area contributed by atoms with Gasteiger partial charge in [0.25, 0.3) is 5.91 Å². The molecule has 0 atom stereocenters. The fraction of sp³-hybridized carbons (Fsp3) is 0.304. The third kappa shape index (κ3) is 3.83. The summed E-state index contributed by atoms with van der Waals surface area (Å²) in [6.07, 6.45) is 6.39. The van der Waals surface area contributed by atoms with Crippen molar-refractivity contribution in [1.82, 2.24) is 20.3 Å². The fourth-order valence-corrected chi connectivity index (χ4v) is 3.72. The summed E-state index contributed by atoms with van der Waals surface area (Å²) in [6.45, 7) is 3.59. The minimum Gasteiger partial charge on any atom is -0.350 e. The third-order valence-corrected chi connectivity index (χ3v) is 5.65. The largest absolute Gasteiger partial charge is 0.350 e. The Hall–Kier alpha value is -3.48. The Kier molecular flexibility index (Phi) is 4.78. The first-order valence-electron chi connectivity index (χ1n) is 10.3. The topological polar surface area (TPSA) is 83.0 Å². The number of benzene rings is 1. The number of aryl methyl sites for hydroxylation is 1. The van der Waals surface area contributed by atoms with Crippen molar-refractivity contribution in [2.75, 3.05) is 16.8 Å². The van der Waals surface area contributed by atoms with E-state index in [1.165, 1.54) is 0 Å². The maximum Gasteiger partial charge on any atom is 0.251 e. The van der Waals surface area contributed by atoms with Crippen molar-refractivity contribution in [3.63, 3.8) is 0 Å². The van der Waals surface area contributed by atoms with E-state index in [4.69, 9.17) is 0 Å². The number of carbonyl (C=O) groups is 1. The number of carbonyl (C=O) groups excluding carboxylic acids is 1. The highest BCUT2D eigenvalue weighted by molar-refractivity contribution is 5.96. The average Bonchev–Trinajstić information content (AvgIpc) is 3.59. The number of nitrogens with zero attached hydrogens (tertiary/aromatic N) is 4. The summed E-state index contributed by atoms with van der Waals surface area (Å²) >= 11 is 0. The van der Waals surface area contributed by atoms with Crippen LogP contribution < -0.4 is 15.5 Å². The molecule has 30 heavy (non-hydrogen) atoms. The number of nitrogens with one attached hydrogen (secondary N) is 2. The van der Waals surface area contributed by atoms with Gasteiger partial charge < -0.3 is 15.5 Å². The predicted molar refractivity (Wildman–Crippen MR) is 116 cm³/mol. The van der Waals surface area contributed by atoms with Crippen LogP contribution in [0.25, 0.3) is 0 Å². The molecule has 2 aliphatic rings. The molecule has 0 radical (unpaired) electrons. The number of aromatic nitrogens is 3. The van der Waals surface area contributed by atoms with Gasteiger partial charge in [0.2, 0.25) is 0 Å². The molecule has 7 nitrogen and oxygen atoms in total. The van der Waals surface area contributed by atoms with E-state index < -0.39 is 0 Å². The molecule has 7 heteroatoms. The van der Waals surface area contributed by atoms with E-state index in [2.05, 4.69) is 30.5 Å². The van der Waals surface area contributed by atoms with Gasteiger partial charge in [0, 0.05) is 35.6 Å². The number of fused-ring (bicyclic) bond motifs is 1. The summed E-state index contributed by atoms with van der Waals surface area (Å²) in [4.78, 5) is 28.1. The van der Waals surface area contributed by atoms with E-state index in [1.807, 2.05) is 49.5 Å². The van der Waals surface area contributed by atoms with E-state index >= 15 is 0 Å². The highest BCUT2D eigenvalue weighted by Gasteiger charge is 2.25. The van der Waals surface area contributed by atoms with E-state index in [0.717, 1.165) is 60.0 Å². The molecule has 2 aromatic heterocycles.